The Morgan fingerprint density at radius 2 is 1.80 bits per heavy atom. The van der Waals surface area contributed by atoms with Crippen molar-refractivity contribution in [3.05, 3.63) is 77.4 Å². The summed E-state index contributed by atoms with van der Waals surface area (Å²) in [5, 5.41) is 3.62. The lowest BCUT2D eigenvalue weighted by molar-refractivity contribution is 0.208. The van der Waals surface area contributed by atoms with Crippen LogP contribution in [0.2, 0.25) is 5.02 Å². The van der Waals surface area contributed by atoms with Crippen LogP contribution in [0.1, 0.15) is 5.56 Å². The molecule has 0 saturated carbocycles. The van der Waals surface area contributed by atoms with Crippen molar-refractivity contribution >= 4 is 29.0 Å². The van der Waals surface area contributed by atoms with Crippen molar-refractivity contribution < 1.29 is 9.53 Å². The van der Waals surface area contributed by atoms with Gasteiger partial charge in [-0.1, -0.05) is 35.4 Å². The smallest absolute Gasteiger partial charge is 0.322 e. The molecule has 0 unspecified atom stereocenters. The number of nitrogens with zero attached hydrogens (tertiary/aromatic N) is 3. The van der Waals surface area contributed by atoms with Gasteiger partial charge in [-0.25, -0.2) is 9.78 Å². The zero-order chi connectivity index (χ0) is 20.9. The molecule has 1 aliphatic rings. The molecule has 154 valence electrons. The summed E-state index contributed by atoms with van der Waals surface area (Å²) < 4.78 is 5.72. The number of nitrogens with one attached hydrogen (secondary N) is 1. The molecule has 0 atom stereocenters. The van der Waals surface area contributed by atoms with Crippen LogP contribution < -0.4 is 15.0 Å². The number of anilines is 2. The fraction of sp³-hybridized carbons (Fsp3) is 0.217. The first-order valence-electron chi connectivity index (χ1n) is 9.84. The second-order valence-electron chi connectivity index (χ2n) is 7.18. The molecule has 1 saturated heterocycles. The molecule has 2 amide bonds. The number of pyridine rings is 1. The van der Waals surface area contributed by atoms with Gasteiger partial charge in [0.2, 0.25) is 5.88 Å². The lowest BCUT2D eigenvalue weighted by Gasteiger charge is -2.36. The van der Waals surface area contributed by atoms with Gasteiger partial charge in [-0.3, -0.25) is 0 Å². The summed E-state index contributed by atoms with van der Waals surface area (Å²) in [5.74, 6) is 1.20. The van der Waals surface area contributed by atoms with E-state index in [0.717, 1.165) is 29.5 Å². The fourth-order valence-corrected chi connectivity index (χ4v) is 3.47. The number of hydrogen-bond donors (Lipinski definition) is 1. The van der Waals surface area contributed by atoms with E-state index in [-0.39, 0.29) is 6.03 Å². The highest BCUT2D eigenvalue weighted by atomic mass is 35.5. The first kappa shape index (κ1) is 20.0. The van der Waals surface area contributed by atoms with Crippen LogP contribution in [0.15, 0.2) is 66.9 Å². The molecule has 0 radical (unpaired) electrons. The molecule has 0 spiro atoms. The molecule has 1 fully saturated rings. The maximum atomic E-state index is 12.6. The third-order valence-electron chi connectivity index (χ3n) is 4.97. The van der Waals surface area contributed by atoms with E-state index in [1.807, 2.05) is 55.5 Å². The van der Waals surface area contributed by atoms with Crippen LogP contribution in [0.5, 0.6) is 11.6 Å². The Labute approximate surface area is 181 Å². The van der Waals surface area contributed by atoms with Gasteiger partial charge in [0.15, 0.2) is 0 Å². The van der Waals surface area contributed by atoms with Gasteiger partial charge in [0, 0.05) is 43.0 Å². The van der Waals surface area contributed by atoms with Crippen molar-refractivity contribution in [1.82, 2.24) is 9.88 Å². The van der Waals surface area contributed by atoms with Crippen molar-refractivity contribution in [3.8, 4) is 11.6 Å². The lowest BCUT2D eigenvalue weighted by Crippen LogP contribution is -2.50. The average molecular weight is 423 g/mol. The van der Waals surface area contributed by atoms with Crippen LogP contribution in [0.3, 0.4) is 0 Å². The van der Waals surface area contributed by atoms with Crippen molar-refractivity contribution in [2.75, 3.05) is 36.4 Å². The third kappa shape index (κ3) is 5.02. The first-order chi connectivity index (χ1) is 14.6. The number of carbonyl (C=O) groups excluding carboxylic acids is 1. The summed E-state index contributed by atoms with van der Waals surface area (Å²) in [5.41, 5.74) is 2.88. The lowest BCUT2D eigenvalue weighted by atomic mass is 10.2. The Morgan fingerprint density at radius 1 is 1.03 bits per heavy atom. The minimum absolute atomic E-state index is 0.130. The maximum Gasteiger partial charge on any atom is 0.322 e. The molecule has 1 aromatic heterocycles. The predicted octanol–water partition coefficient (Wildman–Crippen LogP) is 5.19. The number of urea groups is 1. The average Bonchev–Trinajstić information content (AvgIpc) is 2.77. The molecule has 1 aliphatic heterocycles. The van der Waals surface area contributed by atoms with Crippen LogP contribution in [0.4, 0.5) is 16.2 Å². The van der Waals surface area contributed by atoms with Crippen molar-refractivity contribution in [2.24, 2.45) is 0 Å². The highest BCUT2D eigenvalue weighted by molar-refractivity contribution is 6.30. The molecular formula is C23H23ClN4O2. The standard InChI is InChI=1S/C23H23ClN4O2/c1-17-5-8-21(9-6-17)30-22-10-7-19(16-25-22)26-23(29)28-13-11-27(12-14-28)20-4-2-3-18(24)15-20/h2-10,15-16H,11-14H2,1H3,(H,26,29). The van der Waals surface area contributed by atoms with E-state index in [1.165, 1.54) is 5.56 Å². The highest BCUT2D eigenvalue weighted by Crippen LogP contribution is 2.22. The van der Waals surface area contributed by atoms with Gasteiger partial charge in [-0.2, -0.15) is 0 Å². The first-order valence-corrected chi connectivity index (χ1v) is 10.2. The Kier molecular flexibility index (Phi) is 6.05. The van der Waals surface area contributed by atoms with Crippen LogP contribution in [0, 0.1) is 6.92 Å². The molecule has 3 aromatic rings. The number of ether oxygens (including phenoxy) is 1. The SMILES string of the molecule is Cc1ccc(Oc2ccc(NC(=O)N3CCN(c4cccc(Cl)c4)CC3)cn2)cc1. The van der Waals surface area contributed by atoms with Crippen LogP contribution in [0.25, 0.3) is 0 Å². The molecule has 2 heterocycles. The second-order valence-corrected chi connectivity index (χ2v) is 7.62. The minimum Gasteiger partial charge on any atom is -0.439 e. The number of piperazine rings is 1. The van der Waals surface area contributed by atoms with Crippen LogP contribution >= 0.6 is 11.6 Å². The van der Waals surface area contributed by atoms with E-state index in [0.29, 0.717) is 24.7 Å². The van der Waals surface area contributed by atoms with Crippen LogP contribution in [-0.2, 0) is 0 Å². The molecule has 0 aliphatic carbocycles. The zero-order valence-corrected chi connectivity index (χ0v) is 17.5. The molecule has 2 aromatic carbocycles. The van der Waals surface area contributed by atoms with E-state index in [2.05, 4.69) is 15.2 Å². The van der Waals surface area contributed by atoms with E-state index in [9.17, 15) is 4.79 Å². The van der Waals surface area contributed by atoms with Gasteiger partial charge in [0.1, 0.15) is 5.75 Å². The molecule has 1 N–H and O–H groups in total. The number of aromatic nitrogens is 1. The fourth-order valence-electron chi connectivity index (χ4n) is 3.28. The Morgan fingerprint density at radius 3 is 2.47 bits per heavy atom. The van der Waals surface area contributed by atoms with Gasteiger partial charge >= 0.3 is 6.03 Å². The van der Waals surface area contributed by atoms with Gasteiger partial charge in [-0.15, -0.1) is 0 Å². The van der Waals surface area contributed by atoms with Crippen LogP contribution in [-0.4, -0.2) is 42.1 Å². The van der Waals surface area contributed by atoms with Crippen molar-refractivity contribution in [1.29, 1.82) is 0 Å². The van der Waals surface area contributed by atoms with E-state index in [1.54, 1.807) is 23.2 Å². The van der Waals surface area contributed by atoms with E-state index >= 15 is 0 Å². The summed E-state index contributed by atoms with van der Waals surface area (Å²) >= 11 is 6.08. The van der Waals surface area contributed by atoms with E-state index < -0.39 is 0 Å². The monoisotopic (exact) mass is 422 g/mol. The minimum atomic E-state index is -0.130. The quantitative estimate of drug-likeness (QED) is 0.628. The number of benzene rings is 2. The normalized spacial score (nSPS) is 13.8. The second kappa shape index (κ2) is 9.05. The Balaban J connectivity index is 1.29. The number of aryl methyl sites for hydroxylation is 1. The highest BCUT2D eigenvalue weighted by Gasteiger charge is 2.21. The zero-order valence-electron chi connectivity index (χ0n) is 16.7. The maximum absolute atomic E-state index is 12.6. The number of halogens is 1. The Bertz CT molecular complexity index is 1000. The van der Waals surface area contributed by atoms with Gasteiger partial charge < -0.3 is 19.9 Å². The van der Waals surface area contributed by atoms with Gasteiger partial charge in [-0.05, 0) is 43.3 Å². The molecule has 0 bridgehead atoms. The van der Waals surface area contributed by atoms with Crippen molar-refractivity contribution in [2.45, 2.75) is 6.92 Å². The number of hydrogen-bond acceptors (Lipinski definition) is 4. The van der Waals surface area contributed by atoms with Crippen molar-refractivity contribution in [3.63, 3.8) is 0 Å². The number of carbonyl (C=O) groups is 1. The van der Waals surface area contributed by atoms with Gasteiger partial charge in [0.05, 0.1) is 11.9 Å². The summed E-state index contributed by atoms with van der Waals surface area (Å²) in [4.78, 5) is 20.9. The number of amides is 2. The molecular weight excluding hydrogens is 400 g/mol. The largest absolute Gasteiger partial charge is 0.439 e. The molecule has 30 heavy (non-hydrogen) atoms. The topological polar surface area (TPSA) is 57.7 Å². The third-order valence-corrected chi connectivity index (χ3v) is 5.21. The van der Waals surface area contributed by atoms with Gasteiger partial charge in [0.25, 0.3) is 0 Å². The summed E-state index contributed by atoms with van der Waals surface area (Å²) in [6.45, 7) is 4.82. The molecule has 6 nitrogen and oxygen atoms in total. The molecule has 7 heteroatoms. The predicted molar refractivity (Wildman–Crippen MR) is 120 cm³/mol. The molecule has 4 rings (SSSR count). The summed E-state index contributed by atoms with van der Waals surface area (Å²) in [6.07, 6.45) is 1.60. The Hall–Kier alpha value is -3.25. The summed E-state index contributed by atoms with van der Waals surface area (Å²) in [7, 11) is 0. The van der Waals surface area contributed by atoms with E-state index in [4.69, 9.17) is 16.3 Å². The summed E-state index contributed by atoms with van der Waals surface area (Å²) in [6, 6.07) is 18.9. The number of rotatable bonds is 4.